The second-order valence-corrected chi connectivity index (χ2v) is 7.54. The topological polar surface area (TPSA) is 63.6 Å². The van der Waals surface area contributed by atoms with Gasteiger partial charge in [0.15, 0.2) is 0 Å². The van der Waals surface area contributed by atoms with Gasteiger partial charge >= 0.3 is 0 Å². The third kappa shape index (κ3) is 3.20. The maximum Gasteiger partial charge on any atom is 0.132 e. The van der Waals surface area contributed by atoms with Crippen LogP contribution in [-0.2, 0) is 0 Å². The van der Waals surface area contributed by atoms with Crippen molar-refractivity contribution in [1.29, 1.82) is 0 Å². The summed E-state index contributed by atoms with van der Waals surface area (Å²) in [6.07, 6.45) is 4.82. The van der Waals surface area contributed by atoms with Crippen LogP contribution in [0.4, 0.5) is 4.39 Å². The summed E-state index contributed by atoms with van der Waals surface area (Å²) in [5.41, 5.74) is 4.46. The summed E-state index contributed by atoms with van der Waals surface area (Å²) < 4.78 is 15.6. The standard InChI is InChI=1S/C20H18FN5S/c1-11-8-16-20(27-11)19(26-10-25-16)14-9-13(4-5-15(14)21)18(22-3)17-12(2)23-6-7-24-17/h4-10,18,22H,1-3H3. The summed E-state index contributed by atoms with van der Waals surface area (Å²) in [4.78, 5) is 18.6. The third-order valence-corrected chi connectivity index (χ3v) is 5.54. The molecule has 1 atom stereocenters. The lowest BCUT2D eigenvalue weighted by atomic mass is 9.98. The normalized spacial score (nSPS) is 12.4. The number of fused-ring (bicyclic) bond motifs is 1. The van der Waals surface area contributed by atoms with E-state index in [1.807, 2.05) is 33.0 Å². The predicted octanol–water partition coefficient (Wildman–Crippen LogP) is 4.21. The van der Waals surface area contributed by atoms with Crippen molar-refractivity contribution >= 4 is 21.6 Å². The minimum atomic E-state index is -0.310. The van der Waals surface area contributed by atoms with Crippen LogP contribution in [0, 0.1) is 19.7 Å². The lowest BCUT2D eigenvalue weighted by molar-refractivity contribution is 0.623. The first kappa shape index (κ1) is 17.6. The van der Waals surface area contributed by atoms with Crippen molar-refractivity contribution in [3.8, 4) is 11.3 Å². The smallest absolute Gasteiger partial charge is 0.132 e. The number of nitrogens with zero attached hydrogens (tertiary/aromatic N) is 4. The number of aromatic nitrogens is 4. The van der Waals surface area contributed by atoms with Crippen molar-refractivity contribution in [3.05, 3.63) is 70.6 Å². The van der Waals surface area contributed by atoms with Crippen molar-refractivity contribution in [2.75, 3.05) is 7.05 Å². The molecule has 3 aromatic heterocycles. The second-order valence-electron chi connectivity index (χ2n) is 6.28. The van der Waals surface area contributed by atoms with Crippen molar-refractivity contribution < 1.29 is 4.39 Å². The van der Waals surface area contributed by atoms with Gasteiger partial charge in [0.25, 0.3) is 0 Å². The van der Waals surface area contributed by atoms with Gasteiger partial charge in [-0.2, -0.15) is 0 Å². The zero-order valence-corrected chi connectivity index (χ0v) is 16.0. The molecule has 4 aromatic rings. The SMILES string of the molecule is CNC(c1ccc(F)c(-c2ncnc3cc(C)sc23)c1)c1nccnc1C. The number of thiophene rings is 1. The molecule has 3 heterocycles. The number of hydrogen-bond donors (Lipinski definition) is 1. The summed E-state index contributed by atoms with van der Waals surface area (Å²) in [6, 6.07) is 6.88. The fourth-order valence-electron chi connectivity index (χ4n) is 3.23. The van der Waals surface area contributed by atoms with E-state index in [4.69, 9.17) is 0 Å². The fourth-order valence-corrected chi connectivity index (χ4v) is 4.20. The monoisotopic (exact) mass is 379 g/mol. The van der Waals surface area contributed by atoms with Crippen LogP contribution in [0.5, 0.6) is 0 Å². The zero-order valence-electron chi connectivity index (χ0n) is 15.2. The Labute approximate surface area is 160 Å². The van der Waals surface area contributed by atoms with E-state index in [0.717, 1.165) is 32.0 Å². The highest BCUT2D eigenvalue weighted by Gasteiger charge is 2.20. The first-order valence-electron chi connectivity index (χ1n) is 8.54. The van der Waals surface area contributed by atoms with Gasteiger partial charge in [0.05, 0.1) is 33.3 Å². The van der Waals surface area contributed by atoms with E-state index in [1.165, 1.54) is 12.4 Å². The van der Waals surface area contributed by atoms with Crippen LogP contribution >= 0.6 is 11.3 Å². The summed E-state index contributed by atoms with van der Waals surface area (Å²) >= 11 is 1.57. The van der Waals surface area contributed by atoms with Gasteiger partial charge in [-0.1, -0.05) is 6.07 Å². The zero-order chi connectivity index (χ0) is 19.0. The molecule has 7 heteroatoms. The van der Waals surface area contributed by atoms with Gasteiger partial charge in [-0.15, -0.1) is 11.3 Å². The highest BCUT2D eigenvalue weighted by atomic mass is 32.1. The Morgan fingerprint density at radius 2 is 1.85 bits per heavy atom. The van der Waals surface area contributed by atoms with E-state index < -0.39 is 0 Å². The summed E-state index contributed by atoms with van der Waals surface area (Å²) in [5.74, 6) is -0.310. The molecule has 0 amide bonds. The molecule has 27 heavy (non-hydrogen) atoms. The number of aryl methyl sites for hydroxylation is 2. The van der Waals surface area contributed by atoms with E-state index in [-0.39, 0.29) is 11.9 Å². The van der Waals surface area contributed by atoms with E-state index in [1.54, 1.807) is 29.8 Å². The molecule has 0 aliphatic carbocycles. The van der Waals surface area contributed by atoms with E-state index in [0.29, 0.717) is 11.3 Å². The molecule has 1 aromatic carbocycles. The second kappa shape index (κ2) is 7.09. The van der Waals surface area contributed by atoms with Crippen molar-refractivity contribution in [1.82, 2.24) is 25.3 Å². The van der Waals surface area contributed by atoms with Gasteiger partial charge in [-0.05, 0) is 44.7 Å². The molecule has 0 saturated heterocycles. The molecule has 0 fully saturated rings. The van der Waals surface area contributed by atoms with Crippen LogP contribution in [0.3, 0.4) is 0 Å². The highest BCUT2D eigenvalue weighted by molar-refractivity contribution is 7.19. The third-order valence-electron chi connectivity index (χ3n) is 4.49. The van der Waals surface area contributed by atoms with Gasteiger partial charge in [0.2, 0.25) is 0 Å². The molecule has 1 unspecified atom stereocenters. The van der Waals surface area contributed by atoms with Gasteiger partial charge in [0.1, 0.15) is 12.1 Å². The van der Waals surface area contributed by atoms with Crippen LogP contribution < -0.4 is 5.32 Å². The molecule has 0 saturated carbocycles. The molecule has 1 N–H and O–H groups in total. The number of rotatable bonds is 4. The largest absolute Gasteiger partial charge is 0.308 e. The number of halogens is 1. The van der Waals surface area contributed by atoms with Gasteiger partial charge in [0, 0.05) is 22.8 Å². The molecule has 0 radical (unpaired) electrons. The molecule has 0 spiro atoms. The van der Waals surface area contributed by atoms with Crippen molar-refractivity contribution in [2.24, 2.45) is 0 Å². The lowest BCUT2D eigenvalue weighted by Crippen LogP contribution is -2.20. The highest BCUT2D eigenvalue weighted by Crippen LogP contribution is 2.35. The summed E-state index contributed by atoms with van der Waals surface area (Å²) in [7, 11) is 1.85. The molecular weight excluding hydrogens is 361 g/mol. The van der Waals surface area contributed by atoms with Crippen LogP contribution in [0.1, 0.15) is 27.9 Å². The Morgan fingerprint density at radius 1 is 1.04 bits per heavy atom. The van der Waals surface area contributed by atoms with E-state index >= 15 is 0 Å². The van der Waals surface area contributed by atoms with Crippen molar-refractivity contribution in [2.45, 2.75) is 19.9 Å². The first-order chi connectivity index (χ1) is 13.1. The molecule has 0 aliphatic heterocycles. The van der Waals surface area contributed by atoms with Gasteiger partial charge in [-0.25, -0.2) is 14.4 Å². The molecular formula is C20H18FN5S. The molecule has 5 nitrogen and oxygen atoms in total. The number of nitrogens with one attached hydrogen (secondary N) is 1. The maximum absolute atomic E-state index is 14.7. The first-order valence-corrected chi connectivity index (χ1v) is 9.36. The Morgan fingerprint density at radius 3 is 2.63 bits per heavy atom. The van der Waals surface area contributed by atoms with Crippen LogP contribution in [0.25, 0.3) is 21.5 Å². The van der Waals surface area contributed by atoms with Crippen LogP contribution in [0.15, 0.2) is 43.0 Å². The van der Waals surface area contributed by atoms with Gasteiger partial charge < -0.3 is 5.32 Å². The van der Waals surface area contributed by atoms with E-state index in [9.17, 15) is 4.39 Å². The Balaban J connectivity index is 1.87. The summed E-state index contributed by atoms with van der Waals surface area (Å²) in [6.45, 7) is 3.93. The number of benzene rings is 1. The average molecular weight is 379 g/mol. The molecule has 0 bridgehead atoms. The minimum absolute atomic E-state index is 0.194. The fraction of sp³-hybridized carbons (Fsp3) is 0.200. The maximum atomic E-state index is 14.7. The lowest BCUT2D eigenvalue weighted by Gasteiger charge is -2.18. The molecule has 136 valence electrons. The van der Waals surface area contributed by atoms with Crippen molar-refractivity contribution in [3.63, 3.8) is 0 Å². The van der Waals surface area contributed by atoms with Crippen LogP contribution in [-0.4, -0.2) is 27.0 Å². The summed E-state index contributed by atoms with van der Waals surface area (Å²) in [5, 5.41) is 3.26. The molecule has 0 aliphatic rings. The minimum Gasteiger partial charge on any atom is -0.308 e. The predicted molar refractivity (Wildman–Crippen MR) is 105 cm³/mol. The van der Waals surface area contributed by atoms with Gasteiger partial charge in [-0.3, -0.25) is 9.97 Å². The van der Waals surface area contributed by atoms with Crippen LogP contribution in [0.2, 0.25) is 0 Å². The average Bonchev–Trinajstić information content (AvgIpc) is 3.05. The molecule has 4 rings (SSSR count). The Kier molecular flexibility index (Phi) is 4.63. The van der Waals surface area contributed by atoms with E-state index in [2.05, 4.69) is 25.3 Å². The quantitative estimate of drug-likeness (QED) is 0.575. The number of hydrogen-bond acceptors (Lipinski definition) is 6. The Hall–Kier alpha value is -2.77. The Bertz CT molecular complexity index is 1120.